The molecular formula is C10H17N3O2. The smallest absolute Gasteiger partial charge is 0.325 e. The first kappa shape index (κ1) is 11.7. The predicted octanol–water partition coefficient (Wildman–Crippen LogP) is 0.461. The molecule has 0 atom stereocenters. The van der Waals surface area contributed by atoms with Crippen molar-refractivity contribution in [2.45, 2.75) is 25.9 Å². The molecule has 1 aromatic rings. The molecule has 0 radical (unpaired) electrons. The Morgan fingerprint density at radius 3 is 2.80 bits per heavy atom. The van der Waals surface area contributed by atoms with E-state index in [4.69, 9.17) is 0 Å². The van der Waals surface area contributed by atoms with Crippen molar-refractivity contribution in [2.24, 2.45) is 7.05 Å². The zero-order valence-electron chi connectivity index (χ0n) is 9.57. The van der Waals surface area contributed by atoms with Crippen LogP contribution in [0, 0.1) is 0 Å². The summed E-state index contributed by atoms with van der Waals surface area (Å²) in [5.41, 5.74) is -0.694. The zero-order chi connectivity index (χ0) is 11.5. The second-order valence-electron chi connectivity index (χ2n) is 3.92. The largest absolute Gasteiger partial charge is 0.468 e. The van der Waals surface area contributed by atoms with Gasteiger partial charge in [0.15, 0.2) is 0 Å². The lowest BCUT2D eigenvalue weighted by Crippen LogP contribution is -2.47. The Labute approximate surface area is 89.4 Å². The van der Waals surface area contributed by atoms with E-state index < -0.39 is 5.54 Å². The van der Waals surface area contributed by atoms with Gasteiger partial charge in [0.25, 0.3) is 0 Å². The van der Waals surface area contributed by atoms with Gasteiger partial charge < -0.3 is 9.30 Å². The molecule has 5 nitrogen and oxygen atoms in total. The van der Waals surface area contributed by atoms with Crippen molar-refractivity contribution >= 4 is 5.97 Å². The van der Waals surface area contributed by atoms with Crippen LogP contribution in [0.3, 0.4) is 0 Å². The fourth-order valence-electron chi connectivity index (χ4n) is 1.19. The number of nitrogens with one attached hydrogen (secondary N) is 1. The number of ether oxygens (including phenoxy) is 1. The first-order chi connectivity index (χ1) is 6.97. The van der Waals surface area contributed by atoms with Crippen molar-refractivity contribution in [1.29, 1.82) is 0 Å². The molecule has 1 aromatic heterocycles. The number of carbonyl (C=O) groups excluding carboxylic acids is 1. The van der Waals surface area contributed by atoms with Gasteiger partial charge in [-0.05, 0) is 13.8 Å². The summed E-state index contributed by atoms with van der Waals surface area (Å²) in [7, 11) is 3.29. The van der Waals surface area contributed by atoms with E-state index in [1.54, 1.807) is 20.0 Å². The summed E-state index contributed by atoms with van der Waals surface area (Å²) < 4.78 is 6.59. The average Bonchev–Trinajstić information content (AvgIpc) is 2.60. The van der Waals surface area contributed by atoms with Crippen LogP contribution in [0.4, 0.5) is 0 Å². The van der Waals surface area contributed by atoms with Gasteiger partial charge in [0, 0.05) is 19.4 Å². The number of imidazole rings is 1. The number of aromatic nitrogens is 2. The fraction of sp³-hybridized carbons (Fsp3) is 0.600. The summed E-state index contributed by atoms with van der Waals surface area (Å²) in [5.74, 6) is 0.601. The van der Waals surface area contributed by atoms with Crippen LogP contribution >= 0.6 is 0 Å². The molecule has 0 amide bonds. The number of methoxy groups -OCH3 is 1. The van der Waals surface area contributed by atoms with Crippen molar-refractivity contribution in [1.82, 2.24) is 14.9 Å². The highest BCUT2D eigenvalue weighted by Crippen LogP contribution is 2.06. The standard InChI is InChI=1S/C10H17N3O2/c1-10(2,9(14)15-4)12-7-8-11-5-6-13(8)3/h5-6,12H,7H2,1-4H3. The molecule has 0 aliphatic carbocycles. The van der Waals surface area contributed by atoms with Gasteiger partial charge in [-0.3, -0.25) is 10.1 Å². The van der Waals surface area contributed by atoms with E-state index in [9.17, 15) is 4.79 Å². The molecule has 0 aliphatic rings. The van der Waals surface area contributed by atoms with Crippen LogP contribution in [-0.2, 0) is 23.1 Å². The molecule has 0 aliphatic heterocycles. The third-order valence-electron chi connectivity index (χ3n) is 2.31. The number of carbonyl (C=O) groups is 1. The van der Waals surface area contributed by atoms with E-state index in [0.717, 1.165) is 5.82 Å². The van der Waals surface area contributed by atoms with Crippen LogP contribution in [0.2, 0.25) is 0 Å². The van der Waals surface area contributed by atoms with Gasteiger partial charge in [0.2, 0.25) is 0 Å². The van der Waals surface area contributed by atoms with Crippen LogP contribution in [0.25, 0.3) is 0 Å². The molecule has 5 heteroatoms. The Morgan fingerprint density at radius 2 is 2.33 bits per heavy atom. The molecule has 15 heavy (non-hydrogen) atoms. The topological polar surface area (TPSA) is 56.1 Å². The lowest BCUT2D eigenvalue weighted by molar-refractivity contribution is -0.147. The lowest BCUT2D eigenvalue weighted by Gasteiger charge is -2.22. The van der Waals surface area contributed by atoms with Gasteiger partial charge >= 0.3 is 5.97 Å². The minimum atomic E-state index is -0.694. The van der Waals surface area contributed by atoms with Crippen LogP contribution < -0.4 is 5.32 Å². The third kappa shape index (κ3) is 2.79. The van der Waals surface area contributed by atoms with Crippen molar-refractivity contribution in [3.05, 3.63) is 18.2 Å². The van der Waals surface area contributed by atoms with Crippen LogP contribution in [-0.4, -0.2) is 28.2 Å². The van der Waals surface area contributed by atoms with Gasteiger partial charge in [0.05, 0.1) is 13.7 Å². The molecule has 1 N–H and O–H groups in total. The van der Waals surface area contributed by atoms with Gasteiger partial charge in [0.1, 0.15) is 11.4 Å². The molecule has 0 spiro atoms. The summed E-state index contributed by atoms with van der Waals surface area (Å²) in [6, 6.07) is 0. The second kappa shape index (κ2) is 4.44. The van der Waals surface area contributed by atoms with Crippen molar-refractivity contribution in [2.75, 3.05) is 7.11 Å². The highest BCUT2D eigenvalue weighted by Gasteiger charge is 2.28. The van der Waals surface area contributed by atoms with Gasteiger partial charge in [-0.15, -0.1) is 0 Å². The minimum Gasteiger partial charge on any atom is -0.468 e. The van der Waals surface area contributed by atoms with Gasteiger partial charge in [-0.2, -0.15) is 0 Å². The molecule has 0 bridgehead atoms. The molecular weight excluding hydrogens is 194 g/mol. The van der Waals surface area contributed by atoms with E-state index in [1.165, 1.54) is 7.11 Å². The van der Waals surface area contributed by atoms with E-state index in [1.807, 2.05) is 17.8 Å². The van der Waals surface area contributed by atoms with Gasteiger partial charge in [-0.1, -0.05) is 0 Å². The Balaban J connectivity index is 2.57. The van der Waals surface area contributed by atoms with E-state index in [2.05, 4.69) is 15.0 Å². The Hall–Kier alpha value is -1.36. The first-order valence-electron chi connectivity index (χ1n) is 4.77. The van der Waals surface area contributed by atoms with Crippen LogP contribution in [0.1, 0.15) is 19.7 Å². The molecule has 1 heterocycles. The summed E-state index contributed by atoms with van der Waals surface area (Å²) in [6.45, 7) is 4.09. The monoisotopic (exact) mass is 211 g/mol. The van der Waals surface area contributed by atoms with Crippen molar-refractivity contribution in [3.8, 4) is 0 Å². The predicted molar refractivity (Wildman–Crippen MR) is 56.1 cm³/mol. The molecule has 0 aromatic carbocycles. The summed E-state index contributed by atoms with van der Waals surface area (Å²) in [5, 5.41) is 3.10. The first-order valence-corrected chi connectivity index (χ1v) is 4.77. The van der Waals surface area contributed by atoms with Crippen LogP contribution in [0.15, 0.2) is 12.4 Å². The summed E-state index contributed by atoms with van der Waals surface area (Å²) in [4.78, 5) is 15.5. The van der Waals surface area contributed by atoms with E-state index >= 15 is 0 Å². The molecule has 84 valence electrons. The summed E-state index contributed by atoms with van der Waals surface area (Å²) in [6.07, 6.45) is 3.59. The summed E-state index contributed by atoms with van der Waals surface area (Å²) >= 11 is 0. The molecule has 0 saturated carbocycles. The normalized spacial score (nSPS) is 11.5. The third-order valence-corrected chi connectivity index (χ3v) is 2.31. The molecule has 0 saturated heterocycles. The lowest BCUT2D eigenvalue weighted by atomic mass is 10.1. The van der Waals surface area contributed by atoms with Gasteiger partial charge in [-0.25, -0.2) is 4.98 Å². The average molecular weight is 211 g/mol. The highest BCUT2D eigenvalue weighted by atomic mass is 16.5. The molecule has 0 fully saturated rings. The number of rotatable bonds is 4. The number of nitrogens with zero attached hydrogens (tertiary/aromatic N) is 2. The SMILES string of the molecule is COC(=O)C(C)(C)NCc1nccn1C. The minimum absolute atomic E-state index is 0.281. The maximum atomic E-state index is 11.4. The number of esters is 1. The molecule has 1 rings (SSSR count). The Bertz CT molecular complexity index is 344. The maximum absolute atomic E-state index is 11.4. The van der Waals surface area contributed by atoms with Crippen LogP contribution in [0.5, 0.6) is 0 Å². The van der Waals surface area contributed by atoms with E-state index in [-0.39, 0.29) is 5.97 Å². The second-order valence-corrected chi connectivity index (χ2v) is 3.92. The highest BCUT2D eigenvalue weighted by molar-refractivity contribution is 5.79. The number of hydrogen-bond donors (Lipinski definition) is 1. The number of hydrogen-bond acceptors (Lipinski definition) is 4. The zero-order valence-corrected chi connectivity index (χ0v) is 9.57. The quantitative estimate of drug-likeness (QED) is 0.735. The molecule has 0 unspecified atom stereocenters. The maximum Gasteiger partial charge on any atom is 0.325 e. The fourth-order valence-corrected chi connectivity index (χ4v) is 1.19. The Morgan fingerprint density at radius 1 is 1.67 bits per heavy atom. The van der Waals surface area contributed by atoms with E-state index in [0.29, 0.717) is 6.54 Å². The van der Waals surface area contributed by atoms with Crippen molar-refractivity contribution in [3.63, 3.8) is 0 Å². The number of aryl methyl sites for hydroxylation is 1. The van der Waals surface area contributed by atoms with Crippen molar-refractivity contribution < 1.29 is 9.53 Å². The Kier molecular flexibility index (Phi) is 3.47.